The Bertz CT molecular complexity index is 1140. The second-order valence-electron chi connectivity index (χ2n) is 18.1. The van der Waals surface area contributed by atoms with Crippen molar-refractivity contribution in [1.82, 2.24) is 0 Å². The van der Waals surface area contributed by atoms with Gasteiger partial charge in [-0.2, -0.15) is 0 Å². The zero-order valence-electron chi connectivity index (χ0n) is 40.3. The average molecular weight is 858 g/mol. The number of nitrogens with zero attached hydrogens (tertiary/aromatic N) is 1. The Balaban J connectivity index is 4.30. The fourth-order valence-electron chi connectivity index (χ4n) is 7.29. The van der Waals surface area contributed by atoms with Crippen molar-refractivity contribution >= 4 is 17.9 Å². The molecule has 8 nitrogen and oxygen atoms in total. The lowest BCUT2D eigenvalue weighted by Crippen LogP contribution is -2.55. The zero-order valence-corrected chi connectivity index (χ0v) is 40.3. The van der Waals surface area contributed by atoms with Crippen LogP contribution in [0.1, 0.15) is 219 Å². The normalized spacial score (nSPS) is 13.3. The van der Waals surface area contributed by atoms with Gasteiger partial charge in [0.05, 0.1) is 40.3 Å². The summed E-state index contributed by atoms with van der Waals surface area (Å²) in [4.78, 5) is 37.0. The Hall–Kier alpha value is -2.71. The highest BCUT2D eigenvalue weighted by molar-refractivity contribution is 5.70. The van der Waals surface area contributed by atoms with Crippen LogP contribution in [0.3, 0.4) is 0 Å². The second kappa shape index (κ2) is 43.9. The predicted octanol–water partition coefficient (Wildman–Crippen LogP) is 13.0. The molecule has 0 spiro atoms. The van der Waals surface area contributed by atoms with Crippen molar-refractivity contribution in [2.75, 3.05) is 41.0 Å². The van der Waals surface area contributed by atoms with Gasteiger partial charge in [0.2, 0.25) is 0 Å². The molecule has 0 rings (SSSR count). The molecule has 0 aliphatic heterocycles. The van der Waals surface area contributed by atoms with E-state index in [1.165, 1.54) is 109 Å². The van der Waals surface area contributed by atoms with Crippen LogP contribution in [0.25, 0.3) is 0 Å². The van der Waals surface area contributed by atoms with Gasteiger partial charge in [-0.1, -0.05) is 191 Å². The number of carbonyl (C=O) groups is 3. The summed E-state index contributed by atoms with van der Waals surface area (Å²) in [6, 6.07) is -0.730. The number of likely N-dealkylation sites (N-methyl/N-ethyl adjacent to an activating group) is 1. The maximum atomic E-state index is 12.8. The van der Waals surface area contributed by atoms with Crippen LogP contribution in [0.2, 0.25) is 0 Å². The van der Waals surface area contributed by atoms with Crippen LogP contribution in [-0.2, 0) is 28.6 Å². The third-order valence-corrected chi connectivity index (χ3v) is 11.2. The molecule has 0 N–H and O–H groups in total. The van der Waals surface area contributed by atoms with Gasteiger partial charge in [-0.15, -0.1) is 0 Å². The van der Waals surface area contributed by atoms with Crippen LogP contribution in [-0.4, -0.2) is 75.5 Å². The van der Waals surface area contributed by atoms with Crippen LogP contribution in [0.5, 0.6) is 0 Å². The van der Waals surface area contributed by atoms with Gasteiger partial charge < -0.3 is 28.6 Å². The first-order chi connectivity index (χ1) is 29.6. The van der Waals surface area contributed by atoms with E-state index in [1.807, 2.05) is 0 Å². The Kier molecular flexibility index (Phi) is 42.0. The van der Waals surface area contributed by atoms with Crippen molar-refractivity contribution in [3.05, 3.63) is 48.6 Å². The third-order valence-electron chi connectivity index (χ3n) is 11.2. The fraction of sp³-hybridized carbons (Fsp3) is 0.792. The van der Waals surface area contributed by atoms with E-state index in [2.05, 4.69) is 62.5 Å². The SMILES string of the molecule is CCCCC/C=C/C/C=C/C/C=C/C/C=C/CCCCCCCC(=O)OC(COCCC(C(=O)[O-])[N+](C)(C)C)COC(=O)CCCCCCCCCCCCCCCCCC. The van der Waals surface area contributed by atoms with Gasteiger partial charge in [-0.25, -0.2) is 0 Å². The van der Waals surface area contributed by atoms with E-state index in [4.69, 9.17) is 14.2 Å². The number of esters is 2. The number of aliphatic carboxylic acids is 1. The molecule has 61 heavy (non-hydrogen) atoms. The lowest BCUT2D eigenvalue weighted by atomic mass is 10.0. The summed E-state index contributed by atoms with van der Waals surface area (Å²) in [5.74, 6) is -1.75. The molecule has 0 radical (unpaired) electrons. The van der Waals surface area contributed by atoms with Crippen LogP contribution >= 0.6 is 0 Å². The molecule has 2 atom stereocenters. The van der Waals surface area contributed by atoms with E-state index in [0.29, 0.717) is 12.8 Å². The van der Waals surface area contributed by atoms with Gasteiger partial charge in [-0.05, 0) is 57.8 Å². The van der Waals surface area contributed by atoms with Gasteiger partial charge in [0, 0.05) is 19.3 Å². The molecule has 0 saturated heterocycles. The number of carbonyl (C=O) groups excluding carboxylic acids is 3. The number of hydrogen-bond acceptors (Lipinski definition) is 7. The van der Waals surface area contributed by atoms with Crippen LogP contribution in [0.15, 0.2) is 48.6 Å². The number of rotatable bonds is 45. The summed E-state index contributed by atoms with van der Waals surface area (Å²) in [7, 11) is 5.41. The molecule has 0 bridgehead atoms. The van der Waals surface area contributed by atoms with Crippen molar-refractivity contribution in [3.8, 4) is 0 Å². The number of quaternary nitrogens is 1. The molecule has 0 aromatic carbocycles. The number of carboxylic acid groups (broad SMARTS) is 1. The maximum Gasteiger partial charge on any atom is 0.306 e. The van der Waals surface area contributed by atoms with Gasteiger partial charge in [0.1, 0.15) is 12.6 Å². The average Bonchev–Trinajstić information content (AvgIpc) is 3.22. The van der Waals surface area contributed by atoms with Gasteiger partial charge >= 0.3 is 11.9 Å². The van der Waals surface area contributed by atoms with E-state index in [0.717, 1.165) is 77.0 Å². The molecular weight excluding hydrogens is 763 g/mol. The minimum Gasteiger partial charge on any atom is -0.544 e. The standard InChI is InChI=1S/C53H95NO7/c1-6-8-10-12-14-16-18-20-22-24-25-26-27-28-30-32-34-36-38-40-42-44-52(56)61-49(47-59-46-45-50(53(57)58)54(3,4)5)48-60-51(55)43-41-39-37-35-33-31-29-23-21-19-17-15-13-11-9-7-2/h14,16,20,22,25-26,28,30,49-50H,6-13,15,17-19,21,23-24,27,29,31-48H2,1-5H3/b16-14+,22-20+,26-25+,30-28+. The molecule has 2 unspecified atom stereocenters. The summed E-state index contributed by atoms with van der Waals surface area (Å²) < 4.78 is 17.2. The smallest absolute Gasteiger partial charge is 0.306 e. The fourth-order valence-corrected chi connectivity index (χ4v) is 7.29. The number of ether oxygens (including phenoxy) is 3. The molecule has 0 aromatic heterocycles. The van der Waals surface area contributed by atoms with E-state index >= 15 is 0 Å². The first kappa shape index (κ1) is 58.3. The molecular formula is C53H95NO7. The second-order valence-corrected chi connectivity index (χ2v) is 18.1. The van der Waals surface area contributed by atoms with Crippen molar-refractivity contribution in [2.45, 2.75) is 231 Å². The van der Waals surface area contributed by atoms with Crippen molar-refractivity contribution in [3.63, 3.8) is 0 Å². The number of carboxylic acids is 1. The van der Waals surface area contributed by atoms with E-state index < -0.39 is 18.1 Å². The molecule has 0 amide bonds. The number of unbranched alkanes of at least 4 members (excludes halogenated alkanes) is 23. The van der Waals surface area contributed by atoms with Crippen LogP contribution < -0.4 is 5.11 Å². The minimum absolute atomic E-state index is 0.0342. The minimum atomic E-state index is -1.13. The molecule has 8 heteroatoms. The molecule has 0 fully saturated rings. The Morgan fingerprint density at radius 2 is 0.869 bits per heavy atom. The molecule has 354 valence electrons. The summed E-state index contributed by atoms with van der Waals surface area (Å²) in [5.41, 5.74) is 0. The zero-order chi connectivity index (χ0) is 44.9. The largest absolute Gasteiger partial charge is 0.544 e. The molecule has 0 aliphatic rings. The number of hydrogen-bond donors (Lipinski definition) is 0. The monoisotopic (exact) mass is 858 g/mol. The van der Waals surface area contributed by atoms with E-state index in [1.54, 1.807) is 21.1 Å². The third kappa shape index (κ3) is 42.4. The highest BCUT2D eigenvalue weighted by Crippen LogP contribution is 2.15. The van der Waals surface area contributed by atoms with Crippen LogP contribution in [0.4, 0.5) is 0 Å². The molecule has 0 aliphatic carbocycles. The molecule has 0 aromatic rings. The first-order valence-electron chi connectivity index (χ1n) is 25.2. The quantitative estimate of drug-likeness (QED) is 0.0260. The molecule has 0 saturated carbocycles. The summed E-state index contributed by atoms with van der Waals surface area (Å²) in [6.07, 6.45) is 52.7. The summed E-state index contributed by atoms with van der Waals surface area (Å²) >= 11 is 0. The summed E-state index contributed by atoms with van der Waals surface area (Å²) in [6.45, 7) is 4.64. The van der Waals surface area contributed by atoms with Gasteiger partial charge in [-0.3, -0.25) is 9.59 Å². The Morgan fingerprint density at radius 1 is 0.492 bits per heavy atom. The topological polar surface area (TPSA) is 102 Å². The lowest BCUT2D eigenvalue weighted by Gasteiger charge is -2.34. The predicted molar refractivity (Wildman–Crippen MR) is 254 cm³/mol. The Labute approximate surface area is 376 Å². The van der Waals surface area contributed by atoms with E-state index in [-0.39, 0.29) is 42.7 Å². The van der Waals surface area contributed by atoms with Crippen molar-refractivity contribution < 1.29 is 38.2 Å². The highest BCUT2D eigenvalue weighted by Gasteiger charge is 2.25. The van der Waals surface area contributed by atoms with E-state index in [9.17, 15) is 19.5 Å². The first-order valence-corrected chi connectivity index (χ1v) is 25.2. The van der Waals surface area contributed by atoms with Gasteiger partial charge in [0.25, 0.3) is 0 Å². The van der Waals surface area contributed by atoms with Gasteiger partial charge in [0.15, 0.2) is 6.10 Å². The van der Waals surface area contributed by atoms with Crippen molar-refractivity contribution in [1.29, 1.82) is 0 Å². The maximum absolute atomic E-state index is 12.8. The highest BCUT2D eigenvalue weighted by atomic mass is 16.6. The lowest BCUT2D eigenvalue weighted by molar-refractivity contribution is -0.889. The van der Waals surface area contributed by atoms with Crippen molar-refractivity contribution in [2.24, 2.45) is 0 Å². The van der Waals surface area contributed by atoms with Crippen LogP contribution in [0, 0.1) is 0 Å². The molecule has 0 heterocycles. The summed E-state index contributed by atoms with van der Waals surface area (Å²) in [5, 5.41) is 11.7. The number of allylic oxidation sites excluding steroid dienone is 8. The Morgan fingerprint density at radius 3 is 1.31 bits per heavy atom.